The summed E-state index contributed by atoms with van der Waals surface area (Å²) in [5, 5.41) is 2.94. The zero-order chi connectivity index (χ0) is 14.7. The van der Waals surface area contributed by atoms with Crippen molar-refractivity contribution in [2.24, 2.45) is 5.92 Å². The average molecular weight is 339 g/mol. The SMILES string of the molecule is CC(=O)N1CCC[C@H](C(=O)Nc2ccc(Br)c(C)c2)C1. The Morgan fingerprint density at radius 1 is 1.40 bits per heavy atom. The topological polar surface area (TPSA) is 49.4 Å². The molecule has 1 heterocycles. The third-order valence-corrected chi connectivity index (χ3v) is 4.55. The van der Waals surface area contributed by atoms with Crippen LogP contribution in [-0.4, -0.2) is 29.8 Å². The maximum absolute atomic E-state index is 12.3. The summed E-state index contributed by atoms with van der Waals surface area (Å²) in [6.45, 7) is 4.82. The molecular weight excluding hydrogens is 320 g/mol. The van der Waals surface area contributed by atoms with E-state index in [2.05, 4.69) is 21.2 Å². The van der Waals surface area contributed by atoms with Crippen LogP contribution in [0.15, 0.2) is 22.7 Å². The molecule has 0 aromatic heterocycles. The Labute approximate surface area is 127 Å². The van der Waals surface area contributed by atoms with Crippen molar-refractivity contribution in [3.05, 3.63) is 28.2 Å². The number of anilines is 1. The molecule has 1 aromatic rings. The minimum atomic E-state index is -0.114. The molecular formula is C15H19BrN2O2. The number of hydrogen-bond acceptors (Lipinski definition) is 2. The molecule has 108 valence electrons. The lowest BCUT2D eigenvalue weighted by molar-refractivity contribution is -0.132. The maximum Gasteiger partial charge on any atom is 0.229 e. The van der Waals surface area contributed by atoms with Crippen LogP contribution in [0.25, 0.3) is 0 Å². The molecule has 1 N–H and O–H groups in total. The molecule has 1 fully saturated rings. The van der Waals surface area contributed by atoms with Gasteiger partial charge in [-0.25, -0.2) is 0 Å². The number of rotatable bonds is 2. The van der Waals surface area contributed by atoms with Crippen LogP contribution in [0, 0.1) is 12.8 Å². The number of amides is 2. The van der Waals surface area contributed by atoms with E-state index in [1.165, 1.54) is 0 Å². The van der Waals surface area contributed by atoms with Crippen LogP contribution in [0.2, 0.25) is 0 Å². The van der Waals surface area contributed by atoms with E-state index in [9.17, 15) is 9.59 Å². The number of piperidine rings is 1. The Bertz CT molecular complexity index is 531. The van der Waals surface area contributed by atoms with Crippen LogP contribution in [0.5, 0.6) is 0 Å². The summed E-state index contributed by atoms with van der Waals surface area (Å²) in [6, 6.07) is 5.74. The van der Waals surface area contributed by atoms with Crippen molar-refractivity contribution in [2.45, 2.75) is 26.7 Å². The molecule has 1 saturated heterocycles. The zero-order valence-electron chi connectivity index (χ0n) is 11.8. The molecule has 20 heavy (non-hydrogen) atoms. The first-order chi connectivity index (χ1) is 9.47. The molecule has 0 radical (unpaired) electrons. The summed E-state index contributed by atoms with van der Waals surface area (Å²) in [6.07, 6.45) is 1.72. The smallest absolute Gasteiger partial charge is 0.229 e. The number of carbonyl (C=O) groups is 2. The Morgan fingerprint density at radius 3 is 2.80 bits per heavy atom. The molecule has 4 nitrogen and oxygen atoms in total. The lowest BCUT2D eigenvalue weighted by atomic mass is 9.97. The fraction of sp³-hybridized carbons (Fsp3) is 0.467. The van der Waals surface area contributed by atoms with Gasteiger partial charge in [-0.15, -0.1) is 0 Å². The molecule has 0 saturated carbocycles. The van der Waals surface area contributed by atoms with Crippen LogP contribution >= 0.6 is 15.9 Å². The van der Waals surface area contributed by atoms with Gasteiger partial charge in [0, 0.05) is 30.2 Å². The predicted octanol–water partition coefficient (Wildman–Crippen LogP) is 2.95. The maximum atomic E-state index is 12.3. The molecule has 5 heteroatoms. The van der Waals surface area contributed by atoms with E-state index in [1.54, 1.807) is 11.8 Å². The number of hydrogen-bond donors (Lipinski definition) is 1. The number of benzene rings is 1. The monoisotopic (exact) mass is 338 g/mol. The molecule has 2 amide bonds. The van der Waals surface area contributed by atoms with E-state index in [0.717, 1.165) is 35.1 Å². The summed E-state index contributed by atoms with van der Waals surface area (Å²) in [4.78, 5) is 25.4. The van der Waals surface area contributed by atoms with Crippen molar-refractivity contribution in [3.8, 4) is 0 Å². The van der Waals surface area contributed by atoms with E-state index in [4.69, 9.17) is 0 Å². The number of halogens is 1. The summed E-state index contributed by atoms with van der Waals surface area (Å²) in [7, 11) is 0. The van der Waals surface area contributed by atoms with E-state index in [1.807, 2.05) is 25.1 Å². The van der Waals surface area contributed by atoms with Gasteiger partial charge in [-0.1, -0.05) is 15.9 Å². The molecule has 1 aliphatic heterocycles. The fourth-order valence-electron chi connectivity index (χ4n) is 2.44. The van der Waals surface area contributed by atoms with Gasteiger partial charge in [0.2, 0.25) is 11.8 Å². The van der Waals surface area contributed by atoms with E-state index in [0.29, 0.717) is 6.54 Å². The van der Waals surface area contributed by atoms with E-state index in [-0.39, 0.29) is 17.7 Å². The lowest BCUT2D eigenvalue weighted by Gasteiger charge is -2.31. The van der Waals surface area contributed by atoms with Crippen LogP contribution in [-0.2, 0) is 9.59 Å². The highest BCUT2D eigenvalue weighted by Gasteiger charge is 2.26. The van der Waals surface area contributed by atoms with Crippen molar-refractivity contribution in [2.75, 3.05) is 18.4 Å². The number of carbonyl (C=O) groups excluding carboxylic acids is 2. The summed E-state index contributed by atoms with van der Waals surface area (Å²) in [5.41, 5.74) is 1.88. The highest BCUT2D eigenvalue weighted by molar-refractivity contribution is 9.10. The highest BCUT2D eigenvalue weighted by atomic mass is 79.9. The standard InChI is InChI=1S/C15H19BrN2O2/c1-10-8-13(5-6-14(10)16)17-15(20)12-4-3-7-18(9-12)11(2)19/h5-6,8,12H,3-4,7,9H2,1-2H3,(H,17,20)/t12-/m0/s1. The van der Waals surface area contributed by atoms with Gasteiger partial charge in [-0.3, -0.25) is 9.59 Å². The van der Waals surface area contributed by atoms with Gasteiger partial charge < -0.3 is 10.2 Å². The normalized spacial score (nSPS) is 18.8. The molecule has 0 aliphatic carbocycles. The lowest BCUT2D eigenvalue weighted by Crippen LogP contribution is -2.42. The highest BCUT2D eigenvalue weighted by Crippen LogP contribution is 2.22. The molecule has 0 bridgehead atoms. The Kier molecular flexibility index (Phi) is 4.81. The van der Waals surface area contributed by atoms with Crippen LogP contribution < -0.4 is 5.32 Å². The van der Waals surface area contributed by atoms with Crippen molar-refractivity contribution in [3.63, 3.8) is 0 Å². The van der Waals surface area contributed by atoms with Crippen molar-refractivity contribution < 1.29 is 9.59 Å². The number of aryl methyl sites for hydroxylation is 1. The molecule has 1 aromatic carbocycles. The molecule has 1 atom stereocenters. The second-order valence-corrected chi connectivity index (χ2v) is 6.11. The van der Waals surface area contributed by atoms with Crippen LogP contribution in [0.4, 0.5) is 5.69 Å². The fourth-order valence-corrected chi connectivity index (χ4v) is 2.69. The number of nitrogens with zero attached hydrogens (tertiary/aromatic N) is 1. The zero-order valence-corrected chi connectivity index (χ0v) is 13.4. The summed E-state index contributed by atoms with van der Waals surface area (Å²) in [5.74, 6) is -0.0729. The second-order valence-electron chi connectivity index (χ2n) is 5.26. The average Bonchev–Trinajstić information content (AvgIpc) is 2.43. The van der Waals surface area contributed by atoms with Gasteiger partial charge in [0.05, 0.1) is 5.92 Å². The van der Waals surface area contributed by atoms with Gasteiger partial charge in [-0.2, -0.15) is 0 Å². The third kappa shape index (κ3) is 3.60. The first kappa shape index (κ1) is 15.0. The van der Waals surface area contributed by atoms with Gasteiger partial charge >= 0.3 is 0 Å². The second kappa shape index (κ2) is 6.39. The minimum absolute atomic E-state index is 0.00216. The van der Waals surface area contributed by atoms with Gasteiger partial charge in [-0.05, 0) is 43.5 Å². The molecule has 2 rings (SSSR count). The number of nitrogens with one attached hydrogen (secondary N) is 1. The molecule has 0 unspecified atom stereocenters. The van der Waals surface area contributed by atoms with Gasteiger partial charge in [0.1, 0.15) is 0 Å². The molecule has 0 spiro atoms. The Hall–Kier alpha value is -1.36. The first-order valence-electron chi connectivity index (χ1n) is 6.80. The molecule has 1 aliphatic rings. The summed E-state index contributed by atoms with van der Waals surface area (Å²) >= 11 is 3.44. The minimum Gasteiger partial charge on any atom is -0.342 e. The quantitative estimate of drug-likeness (QED) is 0.901. The Balaban J connectivity index is 2.00. The van der Waals surface area contributed by atoms with Gasteiger partial charge in [0.15, 0.2) is 0 Å². The first-order valence-corrected chi connectivity index (χ1v) is 7.59. The Morgan fingerprint density at radius 2 is 2.15 bits per heavy atom. The van der Waals surface area contributed by atoms with Crippen molar-refractivity contribution >= 4 is 33.4 Å². The third-order valence-electron chi connectivity index (χ3n) is 3.66. The van der Waals surface area contributed by atoms with Gasteiger partial charge in [0.25, 0.3) is 0 Å². The van der Waals surface area contributed by atoms with Crippen molar-refractivity contribution in [1.82, 2.24) is 4.90 Å². The predicted molar refractivity (Wildman–Crippen MR) is 82.5 cm³/mol. The van der Waals surface area contributed by atoms with Crippen LogP contribution in [0.3, 0.4) is 0 Å². The van der Waals surface area contributed by atoms with E-state index >= 15 is 0 Å². The largest absolute Gasteiger partial charge is 0.342 e. The number of likely N-dealkylation sites (tertiary alicyclic amines) is 1. The van der Waals surface area contributed by atoms with Crippen molar-refractivity contribution in [1.29, 1.82) is 0 Å². The summed E-state index contributed by atoms with van der Waals surface area (Å²) < 4.78 is 1.02. The van der Waals surface area contributed by atoms with Crippen LogP contribution in [0.1, 0.15) is 25.3 Å². The van der Waals surface area contributed by atoms with E-state index < -0.39 is 0 Å².